The highest BCUT2D eigenvalue weighted by Gasteiger charge is 1.83. The van der Waals surface area contributed by atoms with Crippen LogP contribution in [0.3, 0.4) is 0 Å². The van der Waals surface area contributed by atoms with Crippen LogP contribution in [0.2, 0.25) is 0 Å². The van der Waals surface area contributed by atoms with Crippen LogP contribution in [0.25, 0.3) is 0 Å². The predicted octanol–water partition coefficient (Wildman–Crippen LogP) is -0.0401. The molecular weight excluding hydrogens is 113 g/mol. The summed E-state index contributed by atoms with van der Waals surface area (Å²) in [5, 5.41) is 2.07. The van der Waals surface area contributed by atoms with Crippen molar-refractivity contribution in [2.75, 3.05) is 0 Å². The van der Waals surface area contributed by atoms with Gasteiger partial charge in [-0.2, -0.15) is 0 Å². The molecule has 0 aromatic carbocycles. The molecule has 0 saturated heterocycles. The standard InChI is InChI=1S/C3H6NO2P/c1-2-3(5)4-7-6/h2H,1,7H2,(H,4,5,6). The fraction of sp³-hybridized carbons (Fsp3) is 0. The van der Waals surface area contributed by atoms with Gasteiger partial charge >= 0.3 is 0 Å². The lowest BCUT2D eigenvalue weighted by molar-refractivity contribution is -0.114. The van der Waals surface area contributed by atoms with Crippen molar-refractivity contribution in [3.05, 3.63) is 12.7 Å². The third-order valence-corrected chi connectivity index (χ3v) is 0.789. The van der Waals surface area contributed by atoms with Crippen molar-refractivity contribution in [3.8, 4) is 0 Å². The molecule has 0 aromatic rings. The first-order valence-electron chi connectivity index (χ1n) is 1.68. The van der Waals surface area contributed by atoms with E-state index < -0.39 is 8.61 Å². The Morgan fingerprint density at radius 3 is 2.57 bits per heavy atom. The highest BCUT2D eigenvalue weighted by molar-refractivity contribution is 7.22. The molecule has 0 aliphatic heterocycles. The summed E-state index contributed by atoms with van der Waals surface area (Å²) >= 11 is 0. The summed E-state index contributed by atoms with van der Waals surface area (Å²) in [4.78, 5) is 10.0. The van der Waals surface area contributed by atoms with Crippen molar-refractivity contribution in [3.63, 3.8) is 0 Å². The monoisotopic (exact) mass is 119 g/mol. The van der Waals surface area contributed by atoms with Gasteiger partial charge in [-0.15, -0.1) is 0 Å². The smallest absolute Gasteiger partial charge is 0.248 e. The molecule has 1 N–H and O–H groups in total. The van der Waals surface area contributed by atoms with Crippen molar-refractivity contribution in [1.29, 1.82) is 0 Å². The minimum Gasteiger partial charge on any atom is -0.307 e. The van der Waals surface area contributed by atoms with E-state index in [-0.39, 0.29) is 5.91 Å². The maximum atomic E-state index is 10.0. The molecular formula is C3H6NO2P. The van der Waals surface area contributed by atoms with Gasteiger partial charge in [0.2, 0.25) is 5.91 Å². The SMILES string of the molecule is C=CC(=O)N[PH2]=O. The number of nitrogens with one attached hydrogen (secondary N) is 1. The average molecular weight is 119 g/mol. The lowest BCUT2D eigenvalue weighted by Gasteiger charge is -1.82. The van der Waals surface area contributed by atoms with Crippen LogP contribution >= 0.6 is 8.61 Å². The van der Waals surface area contributed by atoms with Crippen LogP contribution in [-0.2, 0) is 9.36 Å². The summed E-state index contributed by atoms with van der Waals surface area (Å²) in [5.41, 5.74) is 0. The second-order valence-corrected chi connectivity index (χ2v) is 1.35. The van der Waals surface area contributed by atoms with Crippen molar-refractivity contribution in [2.45, 2.75) is 0 Å². The van der Waals surface area contributed by atoms with Crippen LogP contribution in [0.1, 0.15) is 0 Å². The summed E-state index contributed by atoms with van der Waals surface area (Å²) in [6.07, 6.45) is 1.07. The van der Waals surface area contributed by atoms with Gasteiger partial charge in [0, 0.05) is 0 Å². The molecule has 0 aromatic heterocycles. The molecule has 0 aliphatic carbocycles. The molecule has 1 amide bonds. The zero-order chi connectivity index (χ0) is 5.70. The van der Waals surface area contributed by atoms with Crippen LogP contribution in [0.5, 0.6) is 0 Å². The Hall–Kier alpha value is -0.560. The van der Waals surface area contributed by atoms with E-state index in [4.69, 9.17) is 0 Å². The topological polar surface area (TPSA) is 46.2 Å². The highest BCUT2D eigenvalue weighted by atomic mass is 31.1. The minimum atomic E-state index is -1.17. The molecule has 7 heavy (non-hydrogen) atoms. The molecule has 4 heteroatoms. The molecule has 3 nitrogen and oxygen atoms in total. The van der Waals surface area contributed by atoms with E-state index in [1.54, 1.807) is 0 Å². The van der Waals surface area contributed by atoms with Gasteiger partial charge in [-0.05, 0) is 6.08 Å². The van der Waals surface area contributed by atoms with E-state index in [2.05, 4.69) is 11.7 Å². The number of carbonyl (C=O) groups excluding carboxylic acids is 1. The lowest BCUT2D eigenvalue weighted by atomic mass is 10.6. The normalized spacial score (nSPS) is 9.14. The number of rotatable bonds is 2. The molecule has 0 aliphatic rings. The minimum absolute atomic E-state index is 0.384. The van der Waals surface area contributed by atoms with E-state index in [0.717, 1.165) is 6.08 Å². The first-order chi connectivity index (χ1) is 3.31. The summed E-state index contributed by atoms with van der Waals surface area (Å²) in [6.45, 7) is 3.14. The summed E-state index contributed by atoms with van der Waals surface area (Å²) in [6, 6.07) is 0. The Morgan fingerprint density at radius 1 is 1.86 bits per heavy atom. The molecule has 40 valence electrons. The van der Waals surface area contributed by atoms with Crippen LogP contribution < -0.4 is 5.09 Å². The number of hydrogen-bond donors (Lipinski definition) is 1. The zero-order valence-electron chi connectivity index (χ0n) is 3.68. The summed E-state index contributed by atoms with van der Waals surface area (Å²) in [7, 11) is -1.17. The third-order valence-electron chi connectivity index (χ3n) is 0.387. The first-order valence-corrected chi connectivity index (χ1v) is 2.72. The molecule has 0 fully saturated rings. The lowest BCUT2D eigenvalue weighted by Crippen LogP contribution is -2.06. The zero-order valence-corrected chi connectivity index (χ0v) is 4.83. The Labute approximate surface area is 42.7 Å². The van der Waals surface area contributed by atoms with Gasteiger partial charge in [-0.3, -0.25) is 4.79 Å². The molecule has 0 bridgehead atoms. The van der Waals surface area contributed by atoms with E-state index in [9.17, 15) is 9.36 Å². The van der Waals surface area contributed by atoms with Gasteiger partial charge in [-0.1, -0.05) is 6.58 Å². The van der Waals surface area contributed by atoms with Gasteiger partial charge in [0.1, 0.15) is 8.61 Å². The van der Waals surface area contributed by atoms with Crippen LogP contribution in [0.15, 0.2) is 12.7 Å². The van der Waals surface area contributed by atoms with Gasteiger partial charge in [0.25, 0.3) is 0 Å². The summed E-state index contributed by atoms with van der Waals surface area (Å²) in [5.74, 6) is -0.384. The van der Waals surface area contributed by atoms with Gasteiger partial charge in [0.15, 0.2) is 0 Å². The van der Waals surface area contributed by atoms with E-state index in [1.807, 2.05) is 0 Å². The Kier molecular flexibility index (Phi) is 3.33. The summed E-state index contributed by atoms with van der Waals surface area (Å²) < 4.78 is 9.60. The maximum Gasteiger partial charge on any atom is 0.248 e. The van der Waals surface area contributed by atoms with E-state index in [0.29, 0.717) is 0 Å². The number of carbonyl (C=O) groups is 1. The second-order valence-electron chi connectivity index (χ2n) is 0.831. The largest absolute Gasteiger partial charge is 0.307 e. The van der Waals surface area contributed by atoms with Crippen molar-refractivity contribution in [2.24, 2.45) is 0 Å². The van der Waals surface area contributed by atoms with Crippen LogP contribution in [-0.4, -0.2) is 5.91 Å². The fourth-order valence-corrected chi connectivity index (χ4v) is 0.351. The van der Waals surface area contributed by atoms with E-state index >= 15 is 0 Å². The van der Waals surface area contributed by atoms with Crippen molar-refractivity contribution >= 4 is 14.5 Å². The van der Waals surface area contributed by atoms with Crippen molar-refractivity contribution in [1.82, 2.24) is 5.09 Å². The number of hydrogen-bond acceptors (Lipinski definition) is 2. The molecule has 0 spiro atoms. The molecule has 0 rings (SSSR count). The predicted molar refractivity (Wildman–Crippen MR) is 28.7 cm³/mol. The van der Waals surface area contributed by atoms with Gasteiger partial charge < -0.3 is 9.65 Å². The maximum absolute atomic E-state index is 10.0. The van der Waals surface area contributed by atoms with Crippen LogP contribution in [0.4, 0.5) is 0 Å². The Bertz CT molecular complexity index is 101. The molecule has 0 radical (unpaired) electrons. The third kappa shape index (κ3) is 3.27. The molecule has 1 unspecified atom stereocenters. The van der Waals surface area contributed by atoms with Gasteiger partial charge in [-0.25, -0.2) is 0 Å². The Balaban J connectivity index is 3.36. The van der Waals surface area contributed by atoms with E-state index in [1.165, 1.54) is 0 Å². The average Bonchev–Trinajstić information content (AvgIpc) is 1.68. The van der Waals surface area contributed by atoms with Crippen molar-refractivity contribution < 1.29 is 9.36 Å². The molecule has 0 saturated carbocycles. The highest BCUT2D eigenvalue weighted by Crippen LogP contribution is 1.78. The Morgan fingerprint density at radius 2 is 2.43 bits per heavy atom. The first kappa shape index (κ1) is 6.44. The fourth-order valence-electron chi connectivity index (χ4n) is 0.117. The number of amides is 1. The van der Waals surface area contributed by atoms with Gasteiger partial charge in [0.05, 0.1) is 0 Å². The van der Waals surface area contributed by atoms with Crippen LogP contribution in [0, 0.1) is 0 Å². The quantitative estimate of drug-likeness (QED) is 0.409. The second kappa shape index (κ2) is 3.62. The molecule has 0 heterocycles. The molecule has 1 atom stereocenters.